The fourth-order valence-corrected chi connectivity index (χ4v) is 5.52. The monoisotopic (exact) mass is 497 g/mol. The van der Waals surface area contributed by atoms with Crippen LogP contribution in [0.25, 0.3) is 0 Å². The Balaban J connectivity index is 1.85. The van der Waals surface area contributed by atoms with E-state index >= 15 is 0 Å². The van der Waals surface area contributed by atoms with E-state index < -0.39 is 20.1 Å². The van der Waals surface area contributed by atoms with Gasteiger partial charge in [-0.05, 0) is 55.5 Å². The van der Waals surface area contributed by atoms with Crippen molar-refractivity contribution in [3.05, 3.63) is 108 Å². The van der Waals surface area contributed by atoms with Crippen molar-refractivity contribution in [2.75, 3.05) is 12.3 Å². The van der Waals surface area contributed by atoms with Gasteiger partial charge in [0.15, 0.2) is 5.69 Å². The molecule has 34 heavy (non-hydrogen) atoms. The molecule has 0 radical (unpaired) electrons. The maximum atomic E-state index is 13.8. The topological polar surface area (TPSA) is 78.6 Å². The molecule has 0 saturated carbocycles. The average Bonchev–Trinajstić information content (AvgIpc) is 2.86. The molecular formula is C26H26ClN2O4S+. The van der Waals surface area contributed by atoms with E-state index in [0.717, 1.165) is 0 Å². The molecule has 1 heterocycles. The third-order valence-corrected chi connectivity index (χ3v) is 7.97. The first-order valence-electron chi connectivity index (χ1n) is 10.8. The van der Waals surface area contributed by atoms with Gasteiger partial charge in [0.25, 0.3) is 6.23 Å². The number of ether oxygens (including phenoxy) is 2. The highest BCUT2D eigenvalue weighted by molar-refractivity contribution is 7.91. The standard InChI is InChI=1S/C26H26ClN2O4S/c1-2-34(30,31)29(22-7-6-10-25(17-22)32-23-8-4-3-5-9-23)19-20(18-28)11-16-26(29)33-24-14-12-21(27)13-15-24/h3-17,19,26H,2,18,28H2,1H3/q+1. The molecule has 0 aliphatic carbocycles. The van der Waals surface area contributed by atoms with E-state index in [9.17, 15) is 8.42 Å². The first kappa shape index (κ1) is 24.0. The number of quaternary nitrogens is 1. The Morgan fingerprint density at radius 3 is 2.32 bits per heavy atom. The zero-order valence-corrected chi connectivity index (χ0v) is 20.2. The third-order valence-electron chi connectivity index (χ3n) is 5.54. The van der Waals surface area contributed by atoms with Gasteiger partial charge in [0.1, 0.15) is 23.4 Å². The zero-order chi connectivity index (χ0) is 24.2. The van der Waals surface area contributed by atoms with E-state index in [1.165, 1.54) is 0 Å². The number of rotatable bonds is 8. The maximum Gasteiger partial charge on any atom is 0.309 e. The van der Waals surface area contributed by atoms with Crippen LogP contribution in [0.3, 0.4) is 0 Å². The molecule has 3 aromatic carbocycles. The quantitative estimate of drug-likeness (QED) is 0.409. The van der Waals surface area contributed by atoms with Crippen LogP contribution in [0.5, 0.6) is 17.2 Å². The minimum absolute atomic E-state index is 0.112. The first-order valence-corrected chi connectivity index (χ1v) is 12.8. The molecule has 1 aliphatic heterocycles. The lowest BCUT2D eigenvalue weighted by molar-refractivity contribution is 0.159. The number of nitrogens with two attached hydrogens (primary N) is 1. The summed E-state index contributed by atoms with van der Waals surface area (Å²) >= 11 is 6.02. The predicted molar refractivity (Wildman–Crippen MR) is 136 cm³/mol. The minimum Gasteiger partial charge on any atom is -0.457 e. The van der Waals surface area contributed by atoms with Gasteiger partial charge in [0.2, 0.25) is 0 Å². The summed E-state index contributed by atoms with van der Waals surface area (Å²) in [6.45, 7) is 1.80. The van der Waals surface area contributed by atoms with Gasteiger partial charge in [0, 0.05) is 35.3 Å². The molecule has 1 aliphatic rings. The number of sulfonamides is 1. The van der Waals surface area contributed by atoms with Crippen molar-refractivity contribution >= 4 is 27.3 Å². The van der Waals surface area contributed by atoms with Crippen LogP contribution in [-0.2, 0) is 10.0 Å². The van der Waals surface area contributed by atoms with Gasteiger partial charge in [0.05, 0.1) is 5.75 Å². The predicted octanol–water partition coefficient (Wildman–Crippen LogP) is 5.61. The molecule has 0 aromatic heterocycles. The van der Waals surface area contributed by atoms with Gasteiger partial charge in [-0.3, -0.25) is 0 Å². The number of benzene rings is 3. The summed E-state index contributed by atoms with van der Waals surface area (Å²) in [7, 11) is -3.80. The van der Waals surface area contributed by atoms with Crippen molar-refractivity contribution in [1.82, 2.24) is 3.89 Å². The van der Waals surface area contributed by atoms with Gasteiger partial charge in [-0.25, -0.2) is 0 Å². The lowest BCUT2D eigenvalue weighted by atomic mass is 10.1. The minimum atomic E-state index is -3.80. The number of nitrogens with zero attached hydrogens (tertiary/aromatic N) is 1. The van der Waals surface area contributed by atoms with Crippen molar-refractivity contribution in [2.45, 2.75) is 13.2 Å². The Kier molecular flexibility index (Phi) is 7.09. The molecule has 8 heteroatoms. The molecule has 3 aromatic rings. The summed E-state index contributed by atoms with van der Waals surface area (Å²) in [4.78, 5) is 0. The molecule has 4 rings (SSSR count). The van der Waals surface area contributed by atoms with E-state index in [1.807, 2.05) is 30.3 Å². The number of hydrogen-bond donors (Lipinski definition) is 1. The van der Waals surface area contributed by atoms with Crippen LogP contribution < -0.4 is 19.1 Å². The van der Waals surface area contributed by atoms with Crippen molar-refractivity contribution in [3.63, 3.8) is 0 Å². The Morgan fingerprint density at radius 1 is 0.941 bits per heavy atom. The molecule has 0 spiro atoms. The summed E-state index contributed by atoms with van der Waals surface area (Å²) in [5.74, 6) is 1.54. The largest absolute Gasteiger partial charge is 0.457 e. The number of para-hydroxylation sites is 1. The molecule has 2 N–H and O–H groups in total. The van der Waals surface area contributed by atoms with E-state index in [-0.39, 0.29) is 12.3 Å². The van der Waals surface area contributed by atoms with Gasteiger partial charge >= 0.3 is 10.0 Å². The smallest absolute Gasteiger partial charge is 0.309 e. The Labute approximate surface area is 205 Å². The molecule has 0 bridgehead atoms. The molecule has 0 saturated heterocycles. The zero-order valence-electron chi connectivity index (χ0n) is 18.7. The van der Waals surface area contributed by atoms with E-state index in [1.54, 1.807) is 73.8 Å². The molecule has 6 nitrogen and oxygen atoms in total. The average molecular weight is 498 g/mol. The fraction of sp³-hybridized carbons (Fsp3) is 0.154. The SMILES string of the molecule is CCS(=O)(=O)[N+]1(c2cccc(Oc3ccccc3)c2)C=C(CN)C=CC1Oc1ccc(Cl)cc1. The number of hydrogen-bond acceptors (Lipinski definition) is 5. The van der Waals surface area contributed by atoms with E-state index in [2.05, 4.69) is 0 Å². The van der Waals surface area contributed by atoms with Crippen LogP contribution in [0.1, 0.15) is 6.92 Å². The Bertz CT molecular complexity index is 1310. The summed E-state index contributed by atoms with van der Waals surface area (Å²) < 4.78 is 39.2. The summed E-state index contributed by atoms with van der Waals surface area (Å²) in [5.41, 5.74) is 7.09. The number of halogens is 1. The van der Waals surface area contributed by atoms with Crippen LogP contribution in [0.15, 0.2) is 103 Å². The van der Waals surface area contributed by atoms with Gasteiger partial charge in [-0.2, -0.15) is 8.42 Å². The second kappa shape index (κ2) is 10.0. The summed E-state index contributed by atoms with van der Waals surface area (Å²) in [5, 5.41) is 0.560. The second-order valence-corrected chi connectivity index (χ2v) is 10.5. The van der Waals surface area contributed by atoms with Crippen LogP contribution >= 0.6 is 11.6 Å². The van der Waals surface area contributed by atoms with Crippen molar-refractivity contribution in [1.29, 1.82) is 0 Å². The maximum absolute atomic E-state index is 13.8. The van der Waals surface area contributed by atoms with Gasteiger partial charge < -0.3 is 15.2 Å². The van der Waals surface area contributed by atoms with E-state index in [4.69, 9.17) is 26.8 Å². The van der Waals surface area contributed by atoms with Crippen LogP contribution in [0.2, 0.25) is 5.02 Å². The third kappa shape index (κ3) is 4.74. The molecule has 176 valence electrons. The van der Waals surface area contributed by atoms with Crippen LogP contribution in [0, 0.1) is 0 Å². The lowest BCUT2D eigenvalue weighted by Gasteiger charge is -2.39. The van der Waals surface area contributed by atoms with Gasteiger partial charge in [-0.15, -0.1) is 3.89 Å². The molecule has 0 fully saturated rings. The second-order valence-electron chi connectivity index (χ2n) is 7.72. The highest BCUT2D eigenvalue weighted by Crippen LogP contribution is 2.40. The molecular weight excluding hydrogens is 472 g/mol. The molecule has 2 unspecified atom stereocenters. The van der Waals surface area contributed by atoms with Gasteiger partial charge in [-0.1, -0.05) is 35.9 Å². The Morgan fingerprint density at radius 2 is 1.65 bits per heavy atom. The summed E-state index contributed by atoms with van der Waals surface area (Å²) in [6.07, 6.45) is 4.29. The Hall–Kier alpha value is -3.10. The van der Waals surface area contributed by atoms with Crippen molar-refractivity contribution in [3.8, 4) is 17.2 Å². The van der Waals surface area contributed by atoms with Crippen molar-refractivity contribution in [2.24, 2.45) is 5.73 Å². The molecule has 0 amide bonds. The van der Waals surface area contributed by atoms with Crippen molar-refractivity contribution < 1.29 is 17.9 Å². The van der Waals surface area contributed by atoms with E-state index in [0.29, 0.717) is 33.5 Å². The fourth-order valence-electron chi connectivity index (χ4n) is 3.81. The summed E-state index contributed by atoms with van der Waals surface area (Å²) in [6, 6.07) is 23.2. The molecule has 2 atom stereocenters. The highest BCUT2D eigenvalue weighted by Gasteiger charge is 2.51. The normalized spacial score (nSPS) is 20.0. The highest BCUT2D eigenvalue weighted by atomic mass is 35.5. The lowest BCUT2D eigenvalue weighted by Crippen LogP contribution is -2.60. The van der Waals surface area contributed by atoms with Crippen LogP contribution in [-0.4, -0.2) is 26.9 Å². The van der Waals surface area contributed by atoms with Crippen LogP contribution in [0.4, 0.5) is 5.69 Å². The first-order chi connectivity index (χ1) is 16.4.